The third-order valence-corrected chi connectivity index (χ3v) is 1.01. The van der Waals surface area contributed by atoms with E-state index in [9.17, 15) is 0 Å². The fraction of sp³-hybridized carbons (Fsp3) is 0. The molecule has 0 unspecified atom stereocenters. The van der Waals surface area contributed by atoms with E-state index in [1.165, 1.54) is 6.20 Å². The minimum absolute atomic E-state index is 0.192. The number of anilines is 1. The van der Waals surface area contributed by atoms with Crippen molar-refractivity contribution in [3.8, 4) is 0 Å². The molecule has 10 heavy (non-hydrogen) atoms. The molecule has 3 N–H and O–H groups in total. The van der Waals surface area contributed by atoms with Crippen molar-refractivity contribution in [3.05, 3.63) is 18.3 Å². The van der Waals surface area contributed by atoms with Crippen molar-refractivity contribution in [2.75, 3.05) is 5.48 Å². The van der Waals surface area contributed by atoms with Crippen LogP contribution in [0.15, 0.2) is 23.4 Å². The summed E-state index contributed by atoms with van der Waals surface area (Å²) in [5, 5.41) is 11.5. The van der Waals surface area contributed by atoms with Crippen LogP contribution in [-0.4, -0.2) is 10.2 Å². The summed E-state index contributed by atoms with van der Waals surface area (Å²) in [6, 6.07) is 3.20. The van der Waals surface area contributed by atoms with Gasteiger partial charge in [-0.2, -0.15) is 5.11 Å². The summed E-state index contributed by atoms with van der Waals surface area (Å²) >= 11 is 0. The smallest absolute Gasteiger partial charge is 0.177 e. The van der Waals surface area contributed by atoms with Gasteiger partial charge in [0.1, 0.15) is 5.69 Å². The molecule has 0 fully saturated rings. The lowest BCUT2D eigenvalue weighted by Gasteiger charge is -1.97. The van der Waals surface area contributed by atoms with E-state index in [0.29, 0.717) is 5.69 Å². The predicted molar refractivity (Wildman–Crippen MR) is 34.5 cm³/mol. The van der Waals surface area contributed by atoms with Gasteiger partial charge < -0.3 is 0 Å². The van der Waals surface area contributed by atoms with Crippen LogP contribution in [0.25, 0.3) is 0 Å². The fourth-order valence-electron chi connectivity index (χ4n) is 0.573. The van der Waals surface area contributed by atoms with Crippen molar-refractivity contribution in [1.29, 1.82) is 5.53 Å². The van der Waals surface area contributed by atoms with Gasteiger partial charge in [0.25, 0.3) is 0 Å². The van der Waals surface area contributed by atoms with Gasteiger partial charge in [-0.15, -0.1) is 0 Å². The lowest BCUT2D eigenvalue weighted by Crippen LogP contribution is -1.91. The standard InChI is InChI=1S/C5H6N4O/c6-8-4-2-1-3-7-5(4)9-10/h1-3,6,10H,(H,7,9). The Hall–Kier alpha value is -1.49. The highest BCUT2D eigenvalue weighted by molar-refractivity contribution is 5.57. The van der Waals surface area contributed by atoms with E-state index >= 15 is 0 Å². The minimum Gasteiger partial charge on any atom is -0.290 e. The summed E-state index contributed by atoms with van der Waals surface area (Å²) in [6.45, 7) is 0. The first-order chi connectivity index (χ1) is 4.88. The second-order valence-electron chi connectivity index (χ2n) is 1.59. The minimum atomic E-state index is 0.192. The molecule has 0 aliphatic heterocycles. The SMILES string of the molecule is N=Nc1cccnc1NO. The molecule has 0 saturated heterocycles. The summed E-state index contributed by atoms with van der Waals surface area (Å²) in [7, 11) is 0. The van der Waals surface area contributed by atoms with Crippen LogP contribution in [0.5, 0.6) is 0 Å². The van der Waals surface area contributed by atoms with Crippen molar-refractivity contribution in [2.24, 2.45) is 5.11 Å². The Morgan fingerprint density at radius 2 is 2.50 bits per heavy atom. The molecule has 0 aliphatic rings. The van der Waals surface area contributed by atoms with Gasteiger partial charge in [-0.3, -0.25) is 10.7 Å². The van der Waals surface area contributed by atoms with Crippen LogP contribution >= 0.6 is 0 Å². The quantitative estimate of drug-likeness (QED) is 0.428. The lowest BCUT2D eigenvalue weighted by molar-refractivity contribution is 0.386. The Bertz CT molecular complexity index is 237. The summed E-state index contributed by atoms with van der Waals surface area (Å²) in [5.74, 6) is 0.192. The lowest BCUT2D eigenvalue weighted by atomic mass is 10.4. The monoisotopic (exact) mass is 138 g/mol. The van der Waals surface area contributed by atoms with Gasteiger partial charge in [-0.05, 0) is 12.1 Å². The number of hydrogen-bond donors (Lipinski definition) is 3. The van der Waals surface area contributed by atoms with Crippen LogP contribution < -0.4 is 5.48 Å². The van der Waals surface area contributed by atoms with Crippen LogP contribution in [0.2, 0.25) is 0 Å². The van der Waals surface area contributed by atoms with Crippen LogP contribution in [0.3, 0.4) is 0 Å². The van der Waals surface area contributed by atoms with E-state index in [2.05, 4.69) is 10.1 Å². The van der Waals surface area contributed by atoms with E-state index in [0.717, 1.165) is 0 Å². The Kier molecular flexibility index (Phi) is 1.91. The highest BCUT2D eigenvalue weighted by Gasteiger charge is 1.97. The molecule has 1 aromatic rings. The van der Waals surface area contributed by atoms with Crippen molar-refractivity contribution in [1.82, 2.24) is 4.98 Å². The van der Waals surface area contributed by atoms with Gasteiger partial charge in [0, 0.05) is 6.20 Å². The molecule has 1 rings (SSSR count). The van der Waals surface area contributed by atoms with Crippen LogP contribution in [0.4, 0.5) is 11.5 Å². The molecule has 0 atom stereocenters. The number of rotatable bonds is 2. The largest absolute Gasteiger partial charge is 0.290 e. The molecule has 52 valence electrons. The highest BCUT2D eigenvalue weighted by atomic mass is 16.5. The van der Waals surface area contributed by atoms with E-state index in [1.54, 1.807) is 12.1 Å². The van der Waals surface area contributed by atoms with Crippen LogP contribution in [0, 0.1) is 5.53 Å². The maximum Gasteiger partial charge on any atom is 0.177 e. The number of aromatic nitrogens is 1. The van der Waals surface area contributed by atoms with Gasteiger partial charge in [0.2, 0.25) is 0 Å². The predicted octanol–water partition coefficient (Wildman–Crippen LogP) is 1.55. The normalized spacial score (nSPS) is 8.90. The third-order valence-electron chi connectivity index (χ3n) is 1.01. The Labute approximate surface area is 57.2 Å². The summed E-state index contributed by atoms with van der Waals surface area (Å²) < 4.78 is 0. The highest BCUT2D eigenvalue weighted by Crippen LogP contribution is 2.19. The molecular weight excluding hydrogens is 132 g/mol. The van der Waals surface area contributed by atoms with Gasteiger partial charge in [-0.1, -0.05) is 0 Å². The topological polar surface area (TPSA) is 81.4 Å². The average Bonchev–Trinajstić information content (AvgIpc) is 2.04. The van der Waals surface area contributed by atoms with Crippen LogP contribution in [-0.2, 0) is 0 Å². The van der Waals surface area contributed by atoms with Crippen molar-refractivity contribution < 1.29 is 5.21 Å². The molecule has 5 nitrogen and oxygen atoms in total. The second-order valence-corrected chi connectivity index (χ2v) is 1.59. The molecule has 0 spiro atoms. The average molecular weight is 138 g/mol. The molecule has 0 radical (unpaired) electrons. The number of nitrogens with one attached hydrogen (secondary N) is 2. The summed E-state index contributed by atoms with van der Waals surface area (Å²) in [5.41, 5.74) is 8.75. The first kappa shape index (κ1) is 6.63. The van der Waals surface area contributed by atoms with Gasteiger partial charge in [0.15, 0.2) is 5.82 Å². The number of nitrogens with zero attached hydrogens (tertiary/aromatic N) is 2. The number of pyridine rings is 1. The van der Waals surface area contributed by atoms with Crippen molar-refractivity contribution in [2.45, 2.75) is 0 Å². The molecule has 5 heteroatoms. The Morgan fingerprint density at radius 3 is 3.00 bits per heavy atom. The fourth-order valence-corrected chi connectivity index (χ4v) is 0.573. The Morgan fingerprint density at radius 1 is 1.70 bits per heavy atom. The first-order valence-electron chi connectivity index (χ1n) is 2.61. The molecule has 0 aliphatic carbocycles. The number of hydrogen-bond acceptors (Lipinski definition) is 5. The maximum atomic E-state index is 8.39. The molecule has 0 amide bonds. The summed E-state index contributed by atoms with van der Waals surface area (Å²) in [4.78, 5) is 3.69. The molecular formula is C5H6N4O. The zero-order valence-electron chi connectivity index (χ0n) is 5.07. The van der Waals surface area contributed by atoms with E-state index in [4.69, 9.17) is 10.7 Å². The van der Waals surface area contributed by atoms with Gasteiger partial charge in [0.05, 0.1) is 0 Å². The third kappa shape index (κ3) is 1.08. The van der Waals surface area contributed by atoms with E-state index < -0.39 is 0 Å². The molecule has 1 aromatic heterocycles. The van der Waals surface area contributed by atoms with Gasteiger partial charge in [-0.25, -0.2) is 10.5 Å². The molecule has 0 saturated carbocycles. The first-order valence-corrected chi connectivity index (χ1v) is 2.61. The Balaban J connectivity index is 3.08. The van der Waals surface area contributed by atoms with Crippen molar-refractivity contribution >= 4 is 11.5 Å². The zero-order valence-corrected chi connectivity index (χ0v) is 5.07. The summed E-state index contributed by atoms with van der Waals surface area (Å²) in [6.07, 6.45) is 1.49. The van der Waals surface area contributed by atoms with Crippen molar-refractivity contribution in [3.63, 3.8) is 0 Å². The second kappa shape index (κ2) is 2.88. The van der Waals surface area contributed by atoms with Crippen LogP contribution in [0.1, 0.15) is 0 Å². The van der Waals surface area contributed by atoms with E-state index in [1.807, 2.05) is 5.48 Å². The van der Waals surface area contributed by atoms with Gasteiger partial charge >= 0.3 is 0 Å². The maximum absolute atomic E-state index is 8.39. The van der Waals surface area contributed by atoms with E-state index in [-0.39, 0.29) is 5.82 Å². The molecule has 1 heterocycles. The zero-order chi connectivity index (χ0) is 7.40. The molecule has 0 aromatic carbocycles. The molecule has 0 bridgehead atoms.